The van der Waals surface area contributed by atoms with Crippen molar-refractivity contribution >= 4 is 45.3 Å². The van der Waals surface area contributed by atoms with Gasteiger partial charge < -0.3 is 20.2 Å². The lowest BCUT2D eigenvalue weighted by Gasteiger charge is -2.38. The molecule has 0 radical (unpaired) electrons. The third kappa shape index (κ3) is 6.54. The molecule has 17 nitrogen and oxygen atoms in total. The zero-order valence-electron chi connectivity index (χ0n) is 29.0. The summed E-state index contributed by atoms with van der Waals surface area (Å²) in [6, 6.07) is 15.3. The molecule has 0 spiro atoms. The molecule has 1 aromatic carbocycles. The number of H-pyrrole nitrogens is 2. The van der Waals surface area contributed by atoms with Crippen molar-refractivity contribution in [2.24, 2.45) is 0 Å². The Morgan fingerprint density at radius 1 is 0.630 bits per heavy atom. The summed E-state index contributed by atoms with van der Waals surface area (Å²) in [5.74, 6) is 3.74. The van der Waals surface area contributed by atoms with Crippen LogP contribution >= 0.6 is 0 Å². The lowest BCUT2D eigenvalue weighted by Crippen LogP contribution is -2.46. The number of aromatic amines is 2. The van der Waals surface area contributed by atoms with E-state index in [1.165, 1.54) is 12.7 Å². The van der Waals surface area contributed by atoms with Crippen LogP contribution in [0.1, 0.15) is 31.2 Å². The van der Waals surface area contributed by atoms with Gasteiger partial charge in [0.1, 0.15) is 24.3 Å². The first-order valence-electron chi connectivity index (χ1n) is 17.7. The number of hydrogen-bond donors (Lipinski definition) is 4. The van der Waals surface area contributed by atoms with E-state index in [1.807, 2.05) is 40.3 Å². The molecule has 0 bridgehead atoms. The number of hydrogen-bond acceptors (Lipinski definition) is 15. The number of fused-ring (bicyclic) bond motifs is 2. The molecule has 7 aromatic rings. The highest BCUT2D eigenvalue weighted by atomic mass is 16.3. The second kappa shape index (κ2) is 14.2. The molecule has 0 amide bonds. The maximum Gasteiger partial charge on any atom is 0.152 e. The number of benzene rings is 1. The Morgan fingerprint density at radius 2 is 1.09 bits per heavy atom. The zero-order valence-corrected chi connectivity index (χ0v) is 29.0. The van der Waals surface area contributed by atoms with Crippen molar-refractivity contribution in [1.82, 2.24) is 59.9 Å². The largest absolute Gasteiger partial charge is 0.393 e. The topological polar surface area (TPSA) is 212 Å². The van der Waals surface area contributed by atoms with Crippen LogP contribution < -0.4 is 10.0 Å². The summed E-state index contributed by atoms with van der Waals surface area (Å²) in [6.07, 6.45) is 11.8. The molecule has 2 saturated heterocycles. The van der Waals surface area contributed by atoms with Crippen molar-refractivity contribution in [1.29, 1.82) is 5.26 Å². The SMILES string of the molecule is N#Cc1cc(-c2nc3cc(N(c4ccncn4)N4CCC(O)CC4)ncc3[nH]2)cc(-c2nc3cc(N(c4ccncn4)N4CCC(O)CC4)ncc3[nH]2)c1. The summed E-state index contributed by atoms with van der Waals surface area (Å²) in [7, 11) is 0. The van der Waals surface area contributed by atoms with Crippen molar-refractivity contribution in [3.63, 3.8) is 0 Å². The molecule has 6 aromatic heterocycles. The van der Waals surface area contributed by atoms with E-state index in [0.29, 0.717) is 115 Å². The van der Waals surface area contributed by atoms with Crippen LogP contribution in [0.2, 0.25) is 0 Å². The van der Waals surface area contributed by atoms with Crippen molar-refractivity contribution in [2.45, 2.75) is 37.9 Å². The predicted octanol–water partition coefficient (Wildman–Crippen LogP) is 4.03. The number of imidazole rings is 2. The highest BCUT2D eigenvalue weighted by Crippen LogP contribution is 2.33. The van der Waals surface area contributed by atoms with Gasteiger partial charge in [0.25, 0.3) is 0 Å². The van der Waals surface area contributed by atoms with E-state index in [0.717, 1.165) is 11.0 Å². The number of nitrogens with one attached hydrogen (secondary N) is 2. The van der Waals surface area contributed by atoms with Gasteiger partial charge in [-0.1, -0.05) is 0 Å². The third-order valence-corrected chi connectivity index (χ3v) is 9.76. The van der Waals surface area contributed by atoms with Crippen LogP contribution in [-0.4, -0.2) is 108 Å². The van der Waals surface area contributed by atoms with Crippen molar-refractivity contribution in [3.8, 4) is 28.8 Å². The molecule has 2 fully saturated rings. The Kier molecular flexibility index (Phi) is 8.76. The van der Waals surface area contributed by atoms with Crippen molar-refractivity contribution < 1.29 is 10.2 Å². The highest BCUT2D eigenvalue weighted by molar-refractivity contribution is 5.85. The first kappa shape index (κ1) is 33.4. The number of aliphatic hydroxyl groups excluding tert-OH is 2. The Balaban J connectivity index is 1.05. The second-order valence-corrected chi connectivity index (χ2v) is 13.3. The molecular formula is C37H35N15O2. The van der Waals surface area contributed by atoms with E-state index in [4.69, 9.17) is 19.9 Å². The predicted molar refractivity (Wildman–Crippen MR) is 199 cm³/mol. The van der Waals surface area contributed by atoms with Gasteiger partial charge in [0.2, 0.25) is 0 Å². The summed E-state index contributed by atoms with van der Waals surface area (Å²) in [5, 5.41) is 38.5. The Hall–Kier alpha value is -6.45. The number of piperidine rings is 2. The lowest BCUT2D eigenvalue weighted by atomic mass is 10.1. The van der Waals surface area contributed by atoms with Crippen LogP contribution in [-0.2, 0) is 0 Å². The monoisotopic (exact) mass is 721 g/mol. The molecule has 0 aliphatic carbocycles. The van der Waals surface area contributed by atoms with E-state index in [-0.39, 0.29) is 12.2 Å². The average molecular weight is 722 g/mol. The Labute approximate surface area is 308 Å². The van der Waals surface area contributed by atoms with Gasteiger partial charge in [-0.05, 0) is 43.9 Å². The quantitative estimate of drug-likeness (QED) is 0.174. The van der Waals surface area contributed by atoms with Gasteiger partial charge in [0, 0.05) is 74.0 Å². The Morgan fingerprint density at radius 3 is 1.50 bits per heavy atom. The summed E-state index contributed by atoms with van der Waals surface area (Å²) >= 11 is 0. The highest BCUT2D eigenvalue weighted by Gasteiger charge is 2.28. The third-order valence-electron chi connectivity index (χ3n) is 9.76. The van der Waals surface area contributed by atoms with E-state index >= 15 is 0 Å². The Bertz CT molecular complexity index is 2290. The van der Waals surface area contributed by atoms with Crippen LogP contribution in [0, 0.1) is 11.3 Å². The minimum atomic E-state index is -0.331. The van der Waals surface area contributed by atoms with Crippen molar-refractivity contribution in [3.05, 3.63) is 85.5 Å². The fourth-order valence-electron chi connectivity index (χ4n) is 7.01. The smallest absolute Gasteiger partial charge is 0.152 e. The van der Waals surface area contributed by atoms with E-state index in [1.54, 1.807) is 36.9 Å². The number of rotatable bonds is 8. The number of aromatic nitrogens is 10. The minimum absolute atomic E-state index is 0.331. The molecule has 2 aliphatic heterocycles. The average Bonchev–Trinajstić information content (AvgIpc) is 3.85. The van der Waals surface area contributed by atoms with Gasteiger partial charge in [-0.2, -0.15) is 5.26 Å². The molecule has 2 aliphatic rings. The fourth-order valence-corrected chi connectivity index (χ4v) is 7.01. The molecule has 54 heavy (non-hydrogen) atoms. The number of nitriles is 1. The first-order valence-corrected chi connectivity index (χ1v) is 17.7. The van der Waals surface area contributed by atoms with E-state index in [2.05, 4.69) is 46.0 Å². The zero-order chi connectivity index (χ0) is 36.6. The van der Waals surface area contributed by atoms with Crippen LogP contribution in [0.4, 0.5) is 23.3 Å². The molecule has 0 unspecified atom stereocenters. The summed E-state index contributed by atoms with van der Waals surface area (Å²) < 4.78 is 0. The molecule has 17 heteroatoms. The molecule has 8 heterocycles. The second-order valence-electron chi connectivity index (χ2n) is 13.3. The molecule has 9 rings (SSSR count). The number of anilines is 4. The van der Waals surface area contributed by atoms with Crippen LogP contribution in [0.15, 0.2) is 79.9 Å². The summed E-state index contributed by atoms with van der Waals surface area (Å²) in [5.41, 5.74) is 4.70. The molecule has 0 atom stereocenters. The normalized spacial score (nSPS) is 16.2. The van der Waals surface area contributed by atoms with Crippen LogP contribution in [0.25, 0.3) is 44.8 Å². The van der Waals surface area contributed by atoms with Gasteiger partial charge in [0.05, 0.1) is 58.3 Å². The summed E-state index contributed by atoms with van der Waals surface area (Å²) in [6.45, 7) is 2.57. The van der Waals surface area contributed by atoms with Gasteiger partial charge >= 0.3 is 0 Å². The van der Waals surface area contributed by atoms with E-state index < -0.39 is 0 Å². The standard InChI is InChI=1S/C37H35N15O2/c38-18-23-13-24(36-45-28-16-34(41-19-30(28)47-36)51(32-1-7-39-21-43-32)49-9-3-26(53)4-10-49)15-25(14-23)37-46-29-17-35(42-20-31(29)48-37)52(33-2-8-40-22-44-33)50-11-5-27(54)6-12-50/h1-2,7-8,13-17,19-22,26-27,53-54H,3-6,9-12H2,(H,45,47)(H,46,48). The molecule has 270 valence electrons. The van der Waals surface area contributed by atoms with E-state index in [9.17, 15) is 15.5 Å². The maximum absolute atomic E-state index is 10.1. The van der Waals surface area contributed by atoms with Gasteiger partial charge in [0.15, 0.2) is 23.3 Å². The van der Waals surface area contributed by atoms with Gasteiger partial charge in [-0.15, -0.1) is 0 Å². The first-order chi connectivity index (χ1) is 26.5. The number of hydrazine groups is 2. The van der Waals surface area contributed by atoms with Gasteiger partial charge in [-0.25, -0.2) is 59.9 Å². The van der Waals surface area contributed by atoms with Crippen LogP contribution in [0.5, 0.6) is 0 Å². The van der Waals surface area contributed by atoms with Gasteiger partial charge in [-0.3, -0.25) is 0 Å². The molecule has 0 saturated carbocycles. The number of nitrogens with zero attached hydrogens (tertiary/aromatic N) is 13. The molecule has 4 N–H and O–H groups in total. The molecular weight excluding hydrogens is 687 g/mol. The number of aliphatic hydroxyl groups is 2. The van der Waals surface area contributed by atoms with Crippen molar-refractivity contribution in [2.75, 3.05) is 36.2 Å². The van der Waals surface area contributed by atoms with Crippen LogP contribution in [0.3, 0.4) is 0 Å². The summed E-state index contributed by atoms with van der Waals surface area (Å²) in [4.78, 5) is 43.3. The maximum atomic E-state index is 10.1. The lowest BCUT2D eigenvalue weighted by molar-refractivity contribution is 0.0818. The minimum Gasteiger partial charge on any atom is -0.393 e. The number of pyridine rings is 2. The fraction of sp³-hybridized carbons (Fsp3) is 0.270.